The fourth-order valence-electron chi connectivity index (χ4n) is 5.65. The molecule has 2 saturated heterocycles. The first kappa shape index (κ1) is 29.5. The lowest BCUT2D eigenvalue weighted by Crippen LogP contribution is -2.42. The van der Waals surface area contributed by atoms with Crippen LogP contribution in [0.2, 0.25) is 0 Å². The Bertz CT molecular complexity index is 1520. The zero-order valence-corrected chi connectivity index (χ0v) is 25.6. The van der Waals surface area contributed by atoms with Crippen molar-refractivity contribution in [2.45, 2.75) is 37.8 Å². The van der Waals surface area contributed by atoms with E-state index in [1.165, 1.54) is 22.7 Å². The number of nitrogens with one attached hydrogen (secondary N) is 2. The van der Waals surface area contributed by atoms with Gasteiger partial charge in [0.15, 0.2) is 0 Å². The van der Waals surface area contributed by atoms with E-state index < -0.39 is 12.1 Å². The largest absolute Gasteiger partial charge is 0.326 e. The van der Waals surface area contributed by atoms with Crippen LogP contribution >= 0.6 is 22.7 Å². The summed E-state index contributed by atoms with van der Waals surface area (Å²) in [7, 11) is 0. The smallest absolute Gasteiger partial charge is 0.264 e. The standard InChI is InChI=1S/C34H32N4O4S2/c39-31(27-5-1-19-37(27)33(41)29-7-3-21-43-29)35-25-15-11-23(12-16-25)9-10-24-13-17-26(18-14-24)36-32(40)28-6-2-20-38(28)34(42)30-8-4-22-44-30/h3-4,7-18,21-22,27-28H,1-2,5-6,19-20H2,(H,35,39)(H,36,40)/b10-9+/t27-,28-/m0/s1. The van der Waals surface area contributed by atoms with E-state index in [9.17, 15) is 19.2 Å². The zero-order chi connectivity index (χ0) is 30.5. The Labute approximate surface area is 264 Å². The number of hydrogen-bond acceptors (Lipinski definition) is 6. The van der Waals surface area contributed by atoms with Crippen LogP contribution in [0.15, 0.2) is 83.6 Å². The molecule has 6 rings (SSSR count). The van der Waals surface area contributed by atoms with Crippen molar-refractivity contribution < 1.29 is 19.2 Å². The molecule has 0 spiro atoms. The predicted octanol–water partition coefficient (Wildman–Crippen LogP) is 6.47. The number of amides is 4. The second kappa shape index (κ2) is 13.4. The van der Waals surface area contributed by atoms with Crippen LogP contribution in [0.25, 0.3) is 12.2 Å². The normalized spacial score (nSPS) is 18.1. The van der Waals surface area contributed by atoms with Gasteiger partial charge in [-0.15, -0.1) is 22.7 Å². The summed E-state index contributed by atoms with van der Waals surface area (Å²) in [6.07, 6.45) is 6.88. The molecule has 2 fully saturated rings. The van der Waals surface area contributed by atoms with Crippen molar-refractivity contribution in [3.8, 4) is 0 Å². The van der Waals surface area contributed by atoms with E-state index in [1.807, 2.05) is 83.6 Å². The maximum absolute atomic E-state index is 13.0. The zero-order valence-electron chi connectivity index (χ0n) is 24.0. The van der Waals surface area contributed by atoms with Gasteiger partial charge >= 0.3 is 0 Å². The molecule has 2 atom stereocenters. The Balaban J connectivity index is 1.01. The monoisotopic (exact) mass is 624 g/mol. The van der Waals surface area contributed by atoms with E-state index in [1.54, 1.807) is 21.9 Å². The first-order chi connectivity index (χ1) is 21.5. The molecular formula is C34H32N4O4S2. The van der Waals surface area contributed by atoms with Crippen LogP contribution in [0.5, 0.6) is 0 Å². The van der Waals surface area contributed by atoms with Crippen LogP contribution in [0.1, 0.15) is 56.2 Å². The Hall–Kier alpha value is -4.54. The minimum atomic E-state index is -0.470. The lowest BCUT2D eigenvalue weighted by Gasteiger charge is -2.23. The van der Waals surface area contributed by atoms with Crippen molar-refractivity contribution in [3.63, 3.8) is 0 Å². The van der Waals surface area contributed by atoms with Gasteiger partial charge < -0.3 is 20.4 Å². The molecule has 2 aliphatic rings. The van der Waals surface area contributed by atoms with Gasteiger partial charge in [-0.1, -0.05) is 48.6 Å². The molecule has 10 heteroatoms. The number of carbonyl (C=O) groups excluding carboxylic acids is 4. The van der Waals surface area contributed by atoms with Gasteiger partial charge in [0.25, 0.3) is 11.8 Å². The first-order valence-corrected chi connectivity index (χ1v) is 16.4. The average molecular weight is 625 g/mol. The Morgan fingerprint density at radius 3 is 1.39 bits per heavy atom. The predicted molar refractivity (Wildman–Crippen MR) is 176 cm³/mol. The third-order valence-electron chi connectivity index (χ3n) is 7.92. The molecule has 44 heavy (non-hydrogen) atoms. The number of rotatable bonds is 8. The fourth-order valence-corrected chi connectivity index (χ4v) is 7.00. The van der Waals surface area contributed by atoms with Gasteiger partial charge in [-0.3, -0.25) is 19.2 Å². The highest BCUT2D eigenvalue weighted by Gasteiger charge is 2.36. The molecule has 0 radical (unpaired) electrons. The Kier molecular flexibility index (Phi) is 8.99. The van der Waals surface area contributed by atoms with Crippen molar-refractivity contribution in [3.05, 3.63) is 104 Å². The highest BCUT2D eigenvalue weighted by Crippen LogP contribution is 2.25. The number of nitrogens with zero attached hydrogens (tertiary/aromatic N) is 2. The van der Waals surface area contributed by atoms with Gasteiger partial charge in [-0.2, -0.15) is 0 Å². The van der Waals surface area contributed by atoms with Crippen molar-refractivity contribution in [1.82, 2.24) is 9.80 Å². The SMILES string of the molecule is O=C(Nc1ccc(/C=C/c2ccc(NC(=O)[C@@H]3CCCN3C(=O)c3cccs3)cc2)cc1)[C@@H]1CCCN1C(=O)c1cccs1. The van der Waals surface area contributed by atoms with Crippen LogP contribution in [-0.4, -0.2) is 58.6 Å². The van der Waals surface area contributed by atoms with Crippen LogP contribution in [-0.2, 0) is 9.59 Å². The quantitative estimate of drug-likeness (QED) is 0.220. The summed E-state index contributed by atoms with van der Waals surface area (Å²) < 4.78 is 0. The molecule has 0 bridgehead atoms. The van der Waals surface area contributed by atoms with Gasteiger partial charge in [0.2, 0.25) is 11.8 Å². The summed E-state index contributed by atoms with van der Waals surface area (Å²) in [5.74, 6) is -0.513. The molecule has 2 N–H and O–H groups in total. The number of benzene rings is 2. The van der Waals surface area contributed by atoms with E-state index in [0.29, 0.717) is 47.1 Å². The lowest BCUT2D eigenvalue weighted by molar-refractivity contribution is -0.120. The van der Waals surface area contributed by atoms with Gasteiger partial charge in [-0.25, -0.2) is 0 Å². The van der Waals surface area contributed by atoms with Gasteiger partial charge in [-0.05, 0) is 84.0 Å². The molecule has 224 valence electrons. The molecule has 4 heterocycles. The molecule has 0 aliphatic carbocycles. The second-order valence-electron chi connectivity index (χ2n) is 10.8. The molecule has 4 amide bonds. The maximum Gasteiger partial charge on any atom is 0.264 e. The van der Waals surface area contributed by atoms with E-state index >= 15 is 0 Å². The van der Waals surface area contributed by atoms with Gasteiger partial charge in [0.1, 0.15) is 12.1 Å². The second-order valence-corrected chi connectivity index (χ2v) is 12.7. The molecule has 4 aromatic rings. The molecule has 0 unspecified atom stereocenters. The summed E-state index contributed by atoms with van der Waals surface area (Å²) in [6, 6.07) is 21.4. The summed E-state index contributed by atoms with van der Waals surface area (Å²) in [5, 5.41) is 9.66. The van der Waals surface area contributed by atoms with Crippen molar-refractivity contribution in [2.75, 3.05) is 23.7 Å². The van der Waals surface area contributed by atoms with Crippen LogP contribution in [0.3, 0.4) is 0 Å². The minimum Gasteiger partial charge on any atom is -0.326 e. The Morgan fingerprint density at radius 1 is 0.614 bits per heavy atom. The third kappa shape index (κ3) is 6.66. The minimum absolute atomic E-state index is 0.0877. The van der Waals surface area contributed by atoms with Crippen molar-refractivity contribution in [2.24, 2.45) is 0 Å². The van der Waals surface area contributed by atoms with E-state index in [4.69, 9.17) is 0 Å². The van der Waals surface area contributed by atoms with Crippen LogP contribution < -0.4 is 10.6 Å². The molecule has 2 aliphatic heterocycles. The van der Waals surface area contributed by atoms with E-state index in [-0.39, 0.29) is 23.6 Å². The van der Waals surface area contributed by atoms with Crippen LogP contribution in [0, 0.1) is 0 Å². The average Bonchev–Trinajstić information content (AvgIpc) is 3.88. The number of thiophene rings is 2. The highest BCUT2D eigenvalue weighted by atomic mass is 32.1. The summed E-state index contributed by atoms with van der Waals surface area (Å²) in [6.45, 7) is 1.17. The number of anilines is 2. The lowest BCUT2D eigenvalue weighted by atomic mass is 10.1. The molecule has 2 aromatic heterocycles. The van der Waals surface area contributed by atoms with E-state index in [2.05, 4.69) is 10.6 Å². The number of likely N-dealkylation sites (tertiary alicyclic amines) is 2. The van der Waals surface area contributed by atoms with Gasteiger partial charge in [0, 0.05) is 24.5 Å². The summed E-state index contributed by atoms with van der Waals surface area (Å²) in [5.41, 5.74) is 3.29. The molecule has 0 saturated carbocycles. The topological polar surface area (TPSA) is 98.8 Å². The van der Waals surface area contributed by atoms with Crippen LogP contribution in [0.4, 0.5) is 11.4 Å². The van der Waals surface area contributed by atoms with E-state index in [0.717, 1.165) is 24.0 Å². The number of carbonyl (C=O) groups is 4. The van der Waals surface area contributed by atoms with Crippen molar-refractivity contribution in [1.29, 1.82) is 0 Å². The third-order valence-corrected chi connectivity index (χ3v) is 9.64. The van der Waals surface area contributed by atoms with Crippen molar-refractivity contribution >= 4 is 69.8 Å². The first-order valence-electron chi connectivity index (χ1n) is 14.7. The maximum atomic E-state index is 13.0. The fraction of sp³-hybridized carbons (Fsp3) is 0.235. The number of hydrogen-bond donors (Lipinski definition) is 2. The highest BCUT2D eigenvalue weighted by molar-refractivity contribution is 7.12. The summed E-state index contributed by atoms with van der Waals surface area (Å²) in [4.78, 5) is 56.3. The summed E-state index contributed by atoms with van der Waals surface area (Å²) >= 11 is 2.78. The molecular weight excluding hydrogens is 593 g/mol. The molecule has 2 aromatic carbocycles. The Morgan fingerprint density at radius 2 is 1.02 bits per heavy atom. The van der Waals surface area contributed by atoms with Gasteiger partial charge in [0.05, 0.1) is 9.75 Å². The molecule has 8 nitrogen and oxygen atoms in total.